The molecule has 35 heavy (non-hydrogen) atoms. The zero-order valence-electron chi connectivity index (χ0n) is 18.7. The maximum atomic E-state index is 13.3. The normalized spacial score (nSPS) is 11.4. The molecule has 0 aliphatic rings. The number of para-hydroxylation sites is 1. The van der Waals surface area contributed by atoms with Gasteiger partial charge in [0, 0.05) is 25.8 Å². The number of anilines is 1. The molecule has 2 heterocycles. The number of nitrogens with zero attached hydrogens (tertiary/aromatic N) is 4. The van der Waals surface area contributed by atoms with Crippen molar-refractivity contribution >= 4 is 45.5 Å². The molecular formula is C25H18N4O6. The van der Waals surface area contributed by atoms with E-state index in [1.165, 1.54) is 12.1 Å². The number of hydrogen-bond donors (Lipinski definition) is 0. The molecule has 0 aliphatic heterocycles. The van der Waals surface area contributed by atoms with E-state index < -0.39 is 10.4 Å². The summed E-state index contributed by atoms with van der Waals surface area (Å²) in [6, 6.07) is 17.2. The number of rotatable bonds is 6. The fourth-order valence-electron chi connectivity index (χ4n) is 3.57. The molecule has 3 aromatic carbocycles. The Morgan fingerprint density at radius 3 is 2.46 bits per heavy atom. The average molecular weight is 470 g/mol. The van der Waals surface area contributed by atoms with E-state index in [9.17, 15) is 14.9 Å². The number of aromatic nitrogens is 2. The zero-order valence-corrected chi connectivity index (χ0v) is 18.7. The van der Waals surface area contributed by atoms with Crippen molar-refractivity contribution in [2.75, 3.05) is 19.0 Å². The van der Waals surface area contributed by atoms with E-state index in [1.807, 2.05) is 43.3 Å². The zero-order chi connectivity index (χ0) is 24.5. The first-order valence-corrected chi connectivity index (χ1v) is 10.5. The van der Waals surface area contributed by atoms with Crippen molar-refractivity contribution in [3.63, 3.8) is 0 Å². The van der Waals surface area contributed by atoms with Gasteiger partial charge in [0.05, 0.1) is 10.3 Å². The van der Waals surface area contributed by atoms with Crippen LogP contribution in [-0.4, -0.2) is 29.3 Å². The molecule has 2 aromatic heterocycles. The van der Waals surface area contributed by atoms with Crippen LogP contribution in [-0.2, 0) is 0 Å². The highest BCUT2D eigenvalue weighted by molar-refractivity contribution is 5.89. The third-order valence-electron chi connectivity index (χ3n) is 5.38. The van der Waals surface area contributed by atoms with Gasteiger partial charge in [0.15, 0.2) is 17.0 Å². The molecule has 0 fully saturated rings. The molecule has 10 nitrogen and oxygen atoms in total. The van der Waals surface area contributed by atoms with Crippen LogP contribution in [0.15, 0.2) is 74.5 Å². The van der Waals surface area contributed by atoms with Crippen molar-refractivity contribution in [2.24, 2.45) is 0 Å². The highest BCUT2D eigenvalue weighted by Gasteiger charge is 2.23. The smallest absolute Gasteiger partial charge is 0.301 e. The van der Waals surface area contributed by atoms with Crippen molar-refractivity contribution in [3.05, 3.63) is 92.3 Å². The van der Waals surface area contributed by atoms with E-state index in [-0.39, 0.29) is 34.0 Å². The first-order valence-electron chi connectivity index (χ1n) is 10.5. The highest BCUT2D eigenvalue weighted by atomic mass is 16.6. The van der Waals surface area contributed by atoms with Gasteiger partial charge in [0.25, 0.3) is 0 Å². The Bertz CT molecular complexity index is 1650. The molecule has 0 radical (unpaired) electrons. The van der Waals surface area contributed by atoms with E-state index in [0.717, 1.165) is 11.3 Å². The first kappa shape index (κ1) is 21.8. The van der Waals surface area contributed by atoms with Gasteiger partial charge in [0.2, 0.25) is 16.7 Å². The van der Waals surface area contributed by atoms with Gasteiger partial charge in [0.1, 0.15) is 5.58 Å². The number of benzene rings is 3. The van der Waals surface area contributed by atoms with Crippen molar-refractivity contribution in [1.82, 2.24) is 10.3 Å². The van der Waals surface area contributed by atoms with Crippen LogP contribution in [0.3, 0.4) is 0 Å². The predicted octanol–water partition coefficient (Wildman–Crippen LogP) is 5.27. The second-order valence-electron chi connectivity index (χ2n) is 7.84. The molecular weight excluding hydrogens is 452 g/mol. The summed E-state index contributed by atoms with van der Waals surface area (Å²) in [6.07, 6.45) is 3.43. The number of non-ortho nitro benzene ring substituents is 1. The van der Waals surface area contributed by atoms with Gasteiger partial charge in [-0.3, -0.25) is 14.9 Å². The first-order chi connectivity index (χ1) is 16.9. The maximum absolute atomic E-state index is 13.3. The van der Waals surface area contributed by atoms with Crippen LogP contribution in [0.5, 0.6) is 11.5 Å². The number of nitro groups is 1. The molecule has 5 aromatic rings. The van der Waals surface area contributed by atoms with Gasteiger partial charge in [-0.1, -0.05) is 30.3 Å². The molecule has 0 spiro atoms. The van der Waals surface area contributed by atoms with Crippen LogP contribution in [0, 0.1) is 10.1 Å². The fourth-order valence-corrected chi connectivity index (χ4v) is 3.57. The second kappa shape index (κ2) is 8.75. The van der Waals surface area contributed by atoms with E-state index >= 15 is 0 Å². The van der Waals surface area contributed by atoms with Gasteiger partial charge in [-0.15, -0.1) is 0 Å². The van der Waals surface area contributed by atoms with Crippen LogP contribution in [0.1, 0.15) is 11.3 Å². The van der Waals surface area contributed by atoms with E-state index in [1.54, 1.807) is 36.4 Å². The Balaban J connectivity index is 1.61. The molecule has 0 bridgehead atoms. The summed E-state index contributed by atoms with van der Waals surface area (Å²) >= 11 is 0. The Hall–Kier alpha value is -4.99. The van der Waals surface area contributed by atoms with Crippen molar-refractivity contribution < 1.29 is 18.7 Å². The third kappa shape index (κ3) is 4.08. The summed E-state index contributed by atoms with van der Waals surface area (Å²) < 4.78 is 16.6. The van der Waals surface area contributed by atoms with Gasteiger partial charge in [-0.2, -0.15) is 0 Å². The minimum Gasteiger partial charge on any atom is -0.453 e. The molecule has 0 atom stereocenters. The van der Waals surface area contributed by atoms with E-state index in [4.69, 9.17) is 13.8 Å². The minimum absolute atomic E-state index is 0.0148. The SMILES string of the molecule is CN(C)c1ccc(/C=C/c2oc3ccccc3c(=O)c2Oc2ccc([N+](=O)[O-])c3nonc23)cc1. The predicted molar refractivity (Wildman–Crippen MR) is 131 cm³/mol. The van der Waals surface area contributed by atoms with Crippen LogP contribution in [0.25, 0.3) is 34.2 Å². The Morgan fingerprint density at radius 1 is 0.971 bits per heavy atom. The van der Waals surface area contributed by atoms with Crippen molar-refractivity contribution in [2.45, 2.75) is 0 Å². The lowest BCUT2D eigenvalue weighted by molar-refractivity contribution is -0.383. The molecule has 10 heteroatoms. The van der Waals surface area contributed by atoms with Crippen LogP contribution >= 0.6 is 0 Å². The van der Waals surface area contributed by atoms with Gasteiger partial charge in [-0.05, 0) is 52.3 Å². The standard InChI is InChI=1S/C25H18N4O6/c1-28(2)16-10-7-15(8-11-16)9-13-21-25(24(30)17-5-3-4-6-19(17)33-21)34-20-14-12-18(29(31)32)22-23(20)27-35-26-22/h3-14H,1-2H3/b13-9+. The number of hydrogen-bond acceptors (Lipinski definition) is 9. The molecule has 0 saturated carbocycles. The van der Waals surface area contributed by atoms with E-state index in [2.05, 4.69) is 10.3 Å². The molecule has 0 aliphatic carbocycles. The summed E-state index contributed by atoms with van der Waals surface area (Å²) in [5.74, 6) is 0.149. The summed E-state index contributed by atoms with van der Waals surface area (Å²) in [5.41, 5.74) is 1.56. The largest absolute Gasteiger partial charge is 0.453 e. The highest BCUT2D eigenvalue weighted by Crippen LogP contribution is 2.34. The Labute approximate surface area is 197 Å². The summed E-state index contributed by atoms with van der Waals surface area (Å²) in [5, 5.41) is 19.0. The summed E-state index contributed by atoms with van der Waals surface area (Å²) in [7, 11) is 3.91. The van der Waals surface area contributed by atoms with Gasteiger partial charge < -0.3 is 14.1 Å². The van der Waals surface area contributed by atoms with Crippen LogP contribution < -0.4 is 15.1 Å². The molecule has 5 rings (SSSR count). The van der Waals surface area contributed by atoms with Crippen LogP contribution in [0.4, 0.5) is 11.4 Å². The number of fused-ring (bicyclic) bond motifs is 2. The molecule has 0 N–H and O–H groups in total. The molecule has 0 saturated heterocycles. The number of nitro benzene ring substituents is 1. The molecule has 174 valence electrons. The molecule has 0 amide bonds. The number of ether oxygens (including phenoxy) is 1. The Morgan fingerprint density at radius 2 is 1.71 bits per heavy atom. The van der Waals surface area contributed by atoms with Crippen LogP contribution in [0.2, 0.25) is 0 Å². The second-order valence-corrected chi connectivity index (χ2v) is 7.84. The average Bonchev–Trinajstić information content (AvgIpc) is 3.35. The summed E-state index contributed by atoms with van der Waals surface area (Å²) in [6.45, 7) is 0. The molecule has 0 unspecified atom stereocenters. The van der Waals surface area contributed by atoms with E-state index in [0.29, 0.717) is 11.0 Å². The lowest BCUT2D eigenvalue weighted by Gasteiger charge is -2.12. The fraction of sp³-hybridized carbons (Fsp3) is 0.0800. The van der Waals surface area contributed by atoms with Crippen molar-refractivity contribution in [1.29, 1.82) is 0 Å². The lowest BCUT2D eigenvalue weighted by Crippen LogP contribution is -2.08. The van der Waals surface area contributed by atoms with Crippen molar-refractivity contribution in [3.8, 4) is 11.5 Å². The monoisotopic (exact) mass is 470 g/mol. The third-order valence-corrected chi connectivity index (χ3v) is 5.38. The quantitative estimate of drug-likeness (QED) is 0.241. The van der Waals surface area contributed by atoms with Gasteiger partial charge in [-0.25, -0.2) is 4.63 Å². The maximum Gasteiger partial charge on any atom is 0.301 e. The summed E-state index contributed by atoms with van der Waals surface area (Å²) in [4.78, 5) is 26.0. The topological polar surface area (TPSA) is 125 Å². The van der Waals surface area contributed by atoms with Gasteiger partial charge >= 0.3 is 5.69 Å². The lowest BCUT2D eigenvalue weighted by atomic mass is 10.1. The Kier molecular flexibility index (Phi) is 5.46. The minimum atomic E-state index is -0.601.